The Kier molecular flexibility index (Phi) is 8.29. The zero-order chi connectivity index (χ0) is 26.0. The van der Waals surface area contributed by atoms with Gasteiger partial charge in [-0.2, -0.15) is 0 Å². The van der Waals surface area contributed by atoms with Gasteiger partial charge in [0.15, 0.2) is 5.82 Å². The summed E-state index contributed by atoms with van der Waals surface area (Å²) in [6, 6.07) is 1.01. The predicted molar refractivity (Wildman–Crippen MR) is 132 cm³/mol. The Labute approximate surface area is 208 Å². The molecule has 35 heavy (non-hydrogen) atoms. The average Bonchev–Trinajstić information content (AvgIpc) is 3.19. The summed E-state index contributed by atoms with van der Waals surface area (Å²) in [6.07, 6.45) is 7.19. The first kappa shape index (κ1) is 27.2. The van der Waals surface area contributed by atoms with E-state index in [-0.39, 0.29) is 35.1 Å². The van der Waals surface area contributed by atoms with E-state index < -0.39 is 12.0 Å². The van der Waals surface area contributed by atoms with Gasteiger partial charge in [-0.15, -0.1) is 0 Å². The van der Waals surface area contributed by atoms with Crippen LogP contribution in [0.5, 0.6) is 0 Å². The highest BCUT2D eigenvalue weighted by Crippen LogP contribution is 2.49. The smallest absolute Gasteiger partial charge is 0.248 e. The maximum absolute atomic E-state index is 13.8. The van der Waals surface area contributed by atoms with Gasteiger partial charge < -0.3 is 14.7 Å². The fourth-order valence-electron chi connectivity index (χ4n) is 5.13. The van der Waals surface area contributed by atoms with Crippen LogP contribution in [0, 0.1) is 23.2 Å². The molecule has 2 aliphatic carbocycles. The summed E-state index contributed by atoms with van der Waals surface area (Å²) < 4.78 is 5.40. The van der Waals surface area contributed by atoms with E-state index in [1.807, 2.05) is 27.7 Å². The van der Waals surface area contributed by atoms with Crippen molar-refractivity contribution >= 4 is 24.0 Å². The first-order chi connectivity index (χ1) is 16.3. The molecule has 0 spiro atoms. The maximum Gasteiger partial charge on any atom is 0.248 e. The van der Waals surface area contributed by atoms with E-state index in [0.717, 1.165) is 38.5 Å². The number of nitrogens with one attached hydrogen (secondary N) is 1. The van der Waals surface area contributed by atoms with Gasteiger partial charge in [-0.25, -0.2) is 5.06 Å². The summed E-state index contributed by atoms with van der Waals surface area (Å²) in [5, 5.41) is 17.3. The number of amides is 3. The Bertz CT molecular complexity index is 898. The van der Waals surface area contributed by atoms with Crippen molar-refractivity contribution in [3.8, 4) is 0 Å². The van der Waals surface area contributed by atoms with E-state index in [0.29, 0.717) is 35.4 Å². The van der Waals surface area contributed by atoms with Crippen molar-refractivity contribution in [3.63, 3.8) is 0 Å². The van der Waals surface area contributed by atoms with E-state index in [4.69, 9.17) is 4.52 Å². The monoisotopic (exact) mass is 490 g/mol. The van der Waals surface area contributed by atoms with Crippen molar-refractivity contribution in [1.29, 1.82) is 0 Å². The van der Waals surface area contributed by atoms with Gasteiger partial charge >= 0.3 is 0 Å². The Hall–Kier alpha value is -2.42. The highest BCUT2D eigenvalue weighted by Gasteiger charge is 2.45. The van der Waals surface area contributed by atoms with Crippen LogP contribution in [-0.4, -0.2) is 58.2 Å². The van der Waals surface area contributed by atoms with Crippen molar-refractivity contribution in [2.75, 3.05) is 18.9 Å². The van der Waals surface area contributed by atoms with Gasteiger partial charge in [0.25, 0.3) is 0 Å². The molecule has 9 nitrogen and oxygen atoms in total. The number of nitrogens with zero attached hydrogens (tertiary/aromatic N) is 3. The van der Waals surface area contributed by atoms with E-state index in [2.05, 4.69) is 17.4 Å². The second-order valence-electron chi connectivity index (χ2n) is 12.0. The normalized spacial score (nSPS) is 20.1. The molecule has 0 bridgehead atoms. The fraction of sp³-hybridized carbons (Fsp3) is 0.769. The van der Waals surface area contributed by atoms with E-state index in [1.54, 1.807) is 13.1 Å². The lowest BCUT2D eigenvalue weighted by atomic mass is 9.80. The lowest BCUT2D eigenvalue weighted by Crippen LogP contribution is -2.51. The van der Waals surface area contributed by atoms with Gasteiger partial charge in [0, 0.05) is 18.5 Å². The summed E-state index contributed by atoms with van der Waals surface area (Å²) in [5.74, 6) is 0.177. The van der Waals surface area contributed by atoms with Crippen LogP contribution in [0.25, 0.3) is 0 Å². The molecule has 1 aromatic rings. The molecule has 3 amide bonds. The lowest BCUT2D eigenvalue weighted by Gasteiger charge is -2.36. The van der Waals surface area contributed by atoms with Crippen LogP contribution in [0.2, 0.25) is 0 Å². The van der Waals surface area contributed by atoms with Crippen LogP contribution in [0.1, 0.15) is 85.3 Å². The lowest BCUT2D eigenvalue weighted by molar-refractivity contribution is -0.160. The molecular formula is C26H42N4O5. The number of rotatable bonds is 11. The van der Waals surface area contributed by atoms with E-state index >= 15 is 0 Å². The van der Waals surface area contributed by atoms with Gasteiger partial charge in [-0.05, 0) is 36.5 Å². The van der Waals surface area contributed by atoms with Gasteiger partial charge in [0.2, 0.25) is 18.2 Å². The molecule has 9 heteroatoms. The summed E-state index contributed by atoms with van der Waals surface area (Å²) in [6.45, 7) is 10.0. The molecular weight excluding hydrogens is 448 g/mol. The molecule has 0 aliphatic heterocycles. The molecule has 1 aromatic heterocycles. The number of aromatic nitrogens is 1. The van der Waals surface area contributed by atoms with Crippen molar-refractivity contribution < 1.29 is 24.1 Å². The molecule has 196 valence electrons. The zero-order valence-electron chi connectivity index (χ0n) is 22.0. The Morgan fingerprint density at radius 3 is 2.46 bits per heavy atom. The third kappa shape index (κ3) is 6.84. The number of carbonyl (C=O) groups is 3. The summed E-state index contributed by atoms with van der Waals surface area (Å²) in [4.78, 5) is 39.9. The van der Waals surface area contributed by atoms with Gasteiger partial charge in [-0.1, -0.05) is 65.5 Å². The number of likely N-dealkylation sites (N-methyl/N-ethyl adjacent to an activating group) is 1. The molecule has 3 rings (SSSR count). The second-order valence-corrected chi connectivity index (χ2v) is 12.0. The molecule has 2 fully saturated rings. The zero-order valence-corrected chi connectivity index (χ0v) is 22.0. The molecule has 0 radical (unpaired) electrons. The second kappa shape index (κ2) is 10.7. The standard InChI is InChI=1S/C26H42N4O5/c1-17(18-9-7-8-10-18)19(15-30(34)16-31)24(33)29(6)20(14-26(5)11-12-26)23(32)27-22-13-21(35-28-22)25(2,3)4/h13,16-20,34H,7-12,14-15H2,1-6H3,(H,27,28,32)/t17-,19-,20-/m0/s1. The average molecular weight is 491 g/mol. The van der Waals surface area contributed by atoms with E-state index in [1.165, 1.54) is 4.90 Å². The molecule has 2 N–H and O–H groups in total. The Morgan fingerprint density at radius 2 is 1.94 bits per heavy atom. The fourth-order valence-corrected chi connectivity index (χ4v) is 5.13. The minimum absolute atomic E-state index is 0.00924. The third-order valence-electron chi connectivity index (χ3n) is 8.01. The SMILES string of the molecule is C[C@@H](C1CCCC1)[C@H](CN(O)C=O)C(=O)N(C)[C@@H](CC1(C)CC1)C(=O)Nc1cc(C(C)(C)C)on1. The number of carbonyl (C=O) groups excluding carboxylic acids is 3. The van der Waals surface area contributed by atoms with Crippen LogP contribution in [0.3, 0.4) is 0 Å². The molecule has 0 saturated heterocycles. The molecule has 2 saturated carbocycles. The van der Waals surface area contributed by atoms with Crippen molar-refractivity contribution in [2.45, 2.75) is 91.0 Å². The minimum Gasteiger partial charge on any atom is -0.359 e. The Morgan fingerprint density at radius 1 is 1.31 bits per heavy atom. The number of hydroxylamine groups is 2. The molecule has 1 heterocycles. The van der Waals surface area contributed by atoms with Crippen molar-refractivity contribution in [3.05, 3.63) is 11.8 Å². The minimum atomic E-state index is -0.702. The highest BCUT2D eigenvalue weighted by atomic mass is 16.5. The molecule has 0 unspecified atom stereocenters. The quantitative estimate of drug-likeness (QED) is 0.273. The summed E-state index contributed by atoms with van der Waals surface area (Å²) in [7, 11) is 1.65. The summed E-state index contributed by atoms with van der Waals surface area (Å²) >= 11 is 0. The number of hydrogen-bond donors (Lipinski definition) is 2. The number of anilines is 1. The molecule has 2 aliphatic rings. The predicted octanol–water partition coefficient (Wildman–Crippen LogP) is 4.22. The Balaban J connectivity index is 1.81. The molecule has 3 atom stereocenters. The summed E-state index contributed by atoms with van der Waals surface area (Å²) in [5.41, 5.74) is -0.239. The topological polar surface area (TPSA) is 116 Å². The molecule has 0 aromatic carbocycles. The van der Waals surface area contributed by atoms with Gasteiger partial charge in [0.1, 0.15) is 11.8 Å². The van der Waals surface area contributed by atoms with Crippen molar-refractivity contribution in [1.82, 2.24) is 15.1 Å². The van der Waals surface area contributed by atoms with Crippen LogP contribution < -0.4 is 5.32 Å². The maximum atomic E-state index is 13.8. The largest absolute Gasteiger partial charge is 0.359 e. The first-order valence-electron chi connectivity index (χ1n) is 12.8. The van der Waals surface area contributed by atoms with Gasteiger partial charge in [0.05, 0.1) is 12.5 Å². The third-order valence-corrected chi connectivity index (χ3v) is 8.01. The van der Waals surface area contributed by atoms with Crippen LogP contribution in [0.15, 0.2) is 10.6 Å². The highest BCUT2D eigenvalue weighted by molar-refractivity contribution is 5.97. The first-order valence-corrected chi connectivity index (χ1v) is 12.8. The van der Waals surface area contributed by atoms with Crippen molar-refractivity contribution in [2.24, 2.45) is 23.2 Å². The van der Waals surface area contributed by atoms with Crippen LogP contribution >= 0.6 is 0 Å². The van der Waals surface area contributed by atoms with E-state index in [9.17, 15) is 19.6 Å². The van der Waals surface area contributed by atoms with Crippen LogP contribution in [0.4, 0.5) is 5.82 Å². The van der Waals surface area contributed by atoms with Gasteiger partial charge in [-0.3, -0.25) is 19.6 Å². The number of hydrogen-bond acceptors (Lipinski definition) is 6. The van der Waals surface area contributed by atoms with Crippen LogP contribution in [-0.2, 0) is 19.8 Å².